The summed E-state index contributed by atoms with van der Waals surface area (Å²) in [4.78, 5) is 16.4. The lowest BCUT2D eigenvalue weighted by Crippen LogP contribution is -2.26. The molecule has 0 radical (unpaired) electrons. The van der Waals surface area contributed by atoms with Gasteiger partial charge in [-0.2, -0.15) is 4.98 Å². The van der Waals surface area contributed by atoms with E-state index < -0.39 is 6.09 Å². The first-order valence-corrected chi connectivity index (χ1v) is 10.4. The van der Waals surface area contributed by atoms with Crippen LogP contribution in [0, 0.1) is 11.8 Å². The average Bonchev–Trinajstić information content (AvgIpc) is 3.16. The molecular formula is C26H24N2O4. The number of hydrogen-bond donors (Lipinski definition) is 1. The van der Waals surface area contributed by atoms with Gasteiger partial charge in [0.15, 0.2) is 0 Å². The maximum atomic E-state index is 12.2. The van der Waals surface area contributed by atoms with Crippen LogP contribution in [0.25, 0.3) is 11.1 Å². The Labute approximate surface area is 187 Å². The number of benzene rings is 2. The number of methoxy groups -OCH3 is 2. The average molecular weight is 428 g/mol. The van der Waals surface area contributed by atoms with Crippen LogP contribution in [0.15, 0.2) is 60.7 Å². The minimum Gasteiger partial charge on any atom is -0.481 e. The zero-order valence-corrected chi connectivity index (χ0v) is 18.1. The number of amides is 1. The van der Waals surface area contributed by atoms with E-state index in [0.29, 0.717) is 36.9 Å². The summed E-state index contributed by atoms with van der Waals surface area (Å²) in [6.45, 7) is 0.676. The van der Waals surface area contributed by atoms with Crippen molar-refractivity contribution >= 4 is 6.09 Å². The maximum absolute atomic E-state index is 12.2. The molecule has 6 nitrogen and oxygen atoms in total. The number of alkyl carbamates (subject to hydrolysis) is 1. The Morgan fingerprint density at radius 2 is 1.66 bits per heavy atom. The van der Waals surface area contributed by atoms with E-state index in [2.05, 4.69) is 46.4 Å². The first-order chi connectivity index (χ1) is 15.7. The highest BCUT2D eigenvalue weighted by Gasteiger charge is 2.28. The van der Waals surface area contributed by atoms with Gasteiger partial charge >= 0.3 is 6.09 Å². The zero-order chi connectivity index (χ0) is 22.3. The predicted octanol–water partition coefficient (Wildman–Crippen LogP) is 4.38. The highest BCUT2D eigenvalue weighted by atomic mass is 16.5. The molecule has 1 aromatic heterocycles. The fraction of sp³-hybridized carbons (Fsp3) is 0.231. The fourth-order valence-electron chi connectivity index (χ4n) is 3.82. The molecule has 2 aromatic carbocycles. The lowest BCUT2D eigenvalue weighted by atomic mass is 9.98. The topological polar surface area (TPSA) is 69.7 Å². The largest absolute Gasteiger partial charge is 0.481 e. The molecule has 0 unspecified atom stereocenters. The van der Waals surface area contributed by atoms with Gasteiger partial charge in [-0.25, -0.2) is 4.79 Å². The smallest absolute Gasteiger partial charge is 0.407 e. The Hall–Kier alpha value is -3.98. The van der Waals surface area contributed by atoms with Crippen molar-refractivity contribution in [1.29, 1.82) is 0 Å². The van der Waals surface area contributed by atoms with Gasteiger partial charge in [0.05, 0.1) is 19.8 Å². The van der Waals surface area contributed by atoms with Crippen LogP contribution in [0.1, 0.15) is 29.0 Å². The quantitative estimate of drug-likeness (QED) is 0.466. The molecular weight excluding hydrogens is 404 g/mol. The Balaban J connectivity index is 1.29. The number of carbonyl (C=O) groups excluding carboxylic acids is 1. The minimum atomic E-state index is -0.447. The molecule has 1 aliphatic rings. The predicted molar refractivity (Wildman–Crippen MR) is 122 cm³/mol. The molecule has 162 valence electrons. The SMILES string of the molecule is COc1ccc(C#CCCNC(=O)OCC2c3ccccc3-c3ccccc32)c(OC)n1. The molecule has 1 N–H and O–H groups in total. The summed E-state index contributed by atoms with van der Waals surface area (Å²) in [6.07, 6.45) is 0.0247. The molecule has 0 atom stereocenters. The summed E-state index contributed by atoms with van der Waals surface area (Å²) in [5, 5.41) is 2.76. The van der Waals surface area contributed by atoms with Crippen molar-refractivity contribution < 1.29 is 19.0 Å². The van der Waals surface area contributed by atoms with E-state index in [4.69, 9.17) is 14.2 Å². The van der Waals surface area contributed by atoms with Crippen LogP contribution >= 0.6 is 0 Å². The van der Waals surface area contributed by atoms with E-state index in [1.807, 2.05) is 24.3 Å². The fourth-order valence-corrected chi connectivity index (χ4v) is 3.82. The monoisotopic (exact) mass is 428 g/mol. The molecule has 0 saturated heterocycles. The molecule has 3 aromatic rings. The van der Waals surface area contributed by atoms with Gasteiger partial charge in [-0.05, 0) is 28.3 Å². The van der Waals surface area contributed by atoms with Crippen LogP contribution in [0.3, 0.4) is 0 Å². The van der Waals surface area contributed by atoms with Gasteiger partial charge in [-0.15, -0.1) is 0 Å². The van der Waals surface area contributed by atoms with Crippen LogP contribution in [0.4, 0.5) is 4.79 Å². The van der Waals surface area contributed by atoms with E-state index in [1.165, 1.54) is 29.4 Å². The van der Waals surface area contributed by atoms with Crippen LogP contribution in [-0.4, -0.2) is 38.4 Å². The lowest BCUT2D eigenvalue weighted by molar-refractivity contribution is 0.143. The molecule has 0 saturated carbocycles. The molecule has 1 aliphatic carbocycles. The third-order valence-corrected chi connectivity index (χ3v) is 5.32. The van der Waals surface area contributed by atoms with Gasteiger partial charge in [0, 0.05) is 24.9 Å². The van der Waals surface area contributed by atoms with E-state index in [9.17, 15) is 4.79 Å². The molecule has 1 heterocycles. The normalized spacial score (nSPS) is 11.6. The van der Waals surface area contributed by atoms with Crippen LogP contribution in [-0.2, 0) is 4.74 Å². The number of hydrogen-bond acceptors (Lipinski definition) is 5. The third-order valence-electron chi connectivity index (χ3n) is 5.32. The van der Waals surface area contributed by atoms with Crippen LogP contribution in [0.2, 0.25) is 0 Å². The van der Waals surface area contributed by atoms with E-state index in [-0.39, 0.29) is 5.92 Å². The number of ether oxygens (including phenoxy) is 3. The third kappa shape index (κ3) is 4.52. The van der Waals surface area contributed by atoms with Crippen molar-refractivity contribution in [3.8, 4) is 34.7 Å². The Bertz CT molecular complexity index is 1130. The van der Waals surface area contributed by atoms with Gasteiger partial charge in [-0.3, -0.25) is 0 Å². The Kier molecular flexibility index (Phi) is 6.57. The van der Waals surface area contributed by atoms with Crippen LogP contribution < -0.4 is 14.8 Å². The molecule has 32 heavy (non-hydrogen) atoms. The molecule has 1 amide bonds. The Morgan fingerprint density at radius 3 is 2.31 bits per heavy atom. The summed E-state index contributed by atoms with van der Waals surface area (Å²) in [7, 11) is 3.08. The van der Waals surface area contributed by atoms with Crippen molar-refractivity contribution in [1.82, 2.24) is 10.3 Å². The number of nitrogens with zero attached hydrogens (tertiary/aromatic N) is 1. The molecule has 0 spiro atoms. The summed E-state index contributed by atoms with van der Waals surface area (Å²) in [5.41, 5.74) is 5.45. The lowest BCUT2D eigenvalue weighted by Gasteiger charge is -2.14. The molecule has 0 aliphatic heterocycles. The summed E-state index contributed by atoms with van der Waals surface area (Å²) in [6, 6.07) is 20.0. The second-order valence-electron chi connectivity index (χ2n) is 7.21. The summed E-state index contributed by atoms with van der Waals surface area (Å²) in [5.74, 6) is 6.92. The molecule has 0 fully saturated rings. The highest BCUT2D eigenvalue weighted by molar-refractivity contribution is 5.79. The van der Waals surface area contributed by atoms with Crippen molar-refractivity contribution in [2.24, 2.45) is 0 Å². The van der Waals surface area contributed by atoms with Crippen molar-refractivity contribution in [2.75, 3.05) is 27.4 Å². The molecule has 0 bridgehead atoms. The first kappa shape index (κ1) is 21.3. The van der Waals surface area contributed by atoms with Gasteiger partial charge in [0.25, 0.3) is 0 Å². The van der Waals surface area contributed by atoms with E-state index >= 15 is 0 Å². The van der Waals surface area contributed by atoms with Crippen molar-refractivity contribution in [3.63, 3.8) is 0 Å². The number of pyridine rings is 1. The number of rotatable bonds is 6. The molecule has 6 heteroatoms. The van der Waals surface area contributed by atoms with Gasteiger partial charge < -0.3 is 19.5 Å². The summed E-state index contributed by atoms with van der Waals surface area (Å²) >= 11 is 0. The van der Waals surface area contributed by atoms with Crippen molar-refractivity contribution in [2.45, 2.75) is 12.3 Å². The number of carbonyl (C=O) groups is 1. The zero-order valence-electron chi connectivity index (χ0n) is 18.1. The van der Waals surface area contributed by atoms with E-state index in [0.717, 1.165) is 0 Å². The first-order valence-electron chi connectivity index (χ1n) is 10.4. The van der Waals surface area contributed by atoms with Gasteiger partial charge in [0.2, 0.25) is 11.8 Å². The van der Waals surface area contributed by atoms with Crippen LogP contribution in [0.5, 0.6) is 11.8 Å². The van der Waals surface area contributed by atoms with Gasteiger partial charge in [0.1, 0.15) is 6.61 Å². The highest BCUT2D eigenvalue weighted by Crippen LogP contribution is 2.44. The van der Waals surface area contributed by atoms with E-state index in [1.54, 1.807) is 19.2 Å². The minimum absolute atomic E-state index is 0.0444. The Morgan fingerprint density at radius 1 is 0.969 bits per heavy atom. The second kappa shape index (κ2) is 9.88. The number of nitrogens with one attached hydrogen (secondary N) is 1. The van der Waals surface area contributed by atoms with Crippen molar-refractivity contribution in [3.05, 3.63) is 77.4 Å². The maximum Gasteiger partial charge on any atom is 0.407 e. The molecule has 4 rings (SSSR count). The number of fused-ring (bicyclic) bond motifs is 3. The van der Waals surface area contributed by atoms with Gasteiger partial charge in [-0.1, -0.05) is 60.4 Å². The summed E-state index contributed by atoms with van der Waals surface area (Å²) < 4.78 is 15.8. The standard InChI is InChI=1S/C26H24N2O4/c1-30-24-15-14-18(25(28-24)31-2)9-7-8-16-27-26(29)32-17-23-21-12-5-3-10-19(21)20-11-4-6-13-22(20)23/h3-6,10-15,23H,8,16-17H2,1-2H3,(H,27,29). The number of aromatic nitrogens is 1. The second-order valence-corrected chi connectivity index (χ2v) is 7.21.